The Labute approximate surface area is 64.9 Å². The van der Waals surface area contributed by atoms with Gasteiger partial charge in [-0.05, 0) is 25.7 Å². The van der Waals surface area contributed by atoms with E-state index < -0.39 is 0 Å². The van der Waals surface area contributed by atoms with Gasteiger partial charge in [-0.2, -0.15) is 0 Å². The predicted molar refractivity (Wildman–Crippen MR) is 41.9 cm³/mol. The molecule has 0 spiro atoms. The number of ether oxygens (including phenoxy) is 1. The zero-order chi connectivity index (χ0) is 6.69. The van der Waals surface area contributed by atoms with Crippen molar-refractivity contribution < 1.29 is 4.74 Å². The van der Waals surface area contributed by atoms with E-state index in [2.05, 4.69) is 22.9 Å². The van der Waals surface area contributed by atoms with Crippen LogP contribution >= 0.6 is 15.9 Å². The van der Waals surface area contributed by atoms with Gasteiger partial charge >= 0.3 is 0 Å². The fraction of sp³-hybridized carbons (Fsp3) is 1.00. The predicted octanol–water partition coefficient (Wildman–Crippen LogP) is 2.20. The molecule has 0 unspecified atom stereocenters. The third-order valence-corrected chi connectivity index (χ3v) is 2.73. The van der Waals surface area contributed by atoms with Crippen LogP contribution in [0.4, 0.5) is 0 Å². The highest BCUT2D eigenvalue weighted by atomic mass is 79.9. The van der Waals surface area contributed by atoms with Gasteiger partial charge in [-0.1, -0.05) is 15.9 Å². The quantitative estimate of drug-likeness (QED) is 0.580. The van der Waals surface area contributed by atoms with Gasteiger partial charge in [0.2, 0.25) is 0 Å². The first-order valence-corrected chi connectivity index (χ1v) is 4.62. The van der Waals surface area contributed by atoms with E-state index in [1.807, 2.05) is 0 Å². The maximum Gasteiger partial charge on any atom is 0.0549 e. The summed E-state index contributed by atoms with van der Waals surface area (Å²) in [5.41, 5.74) is 0. The van der Waals surface area contributed by atoms with Crippen LogP contribution in [0, 0.1) is 5.92 Å². The van der Waals surface area contributed by atoms with Crippen molar-refractivity contribution in [3.63, 3.8) is 0 Å². The first-order chi connectivity index (χ1) is 4.33. The minimum absolute atomic E-state index is 0.487. The fourth-order valence-electron chi connectivity index (χ4n) is 1.23. The van der Waals surface area contributed by atoms with E-state index in [0.717, 1.165) is 17.9 Å². The summed E-state index contributed by atoms with van der Waals surface area (Å²) in [6, 6.07) is 0. The summed E-state index contributed by atoms with van der Waals surface area (Å²) in [5, 5.41) is 1.14. The Kier molecular flexibility index (Phi) is 2.99. The Morgan fingerprint density at radius 1 is 1.67 bits per heavy atom. The van der Waals surface area contributed by atoms with Crippen LogP contribution < -0.4 is 0 Å². The van der Waals surface area contributed by atoms with Crippen LogP contribution in [0.15, 0.2) is 0 Å². The first kappa shape index (κ1) is 7.55. The van der Waals surface area contributed by atoms with Crippen molar-refractivity contribution in [2.75, 3.05) is 11.9 Å². The molecule has 1 rings (SSSR count). The zero-order valence-corrected chi connectivity index (χ0v) is 7.36. The molecule has 9 heavy (non-hydrogen) atoms. The number of rotatable bonds is 1. The molecule has 2 atom stereocenters. The Morgan fingerprint density at radius 2 is 2.44 bits per heavy atom. The maximum absolute atomic E-state index is 5.39. The van der Waals surface area contributed by atoms with Crippen molar-refractivity contribution in [3.8, 4) is 0 Å². The minimum Gasteiger partial charge on any atom is -0.378 e. The molecule has 1 aliphatic rings. The SMILES string of the molecule is C[C@H]1C[C@@H](CBr)CCO1. The molecule has 1 nitrogen and oxygen atoms in total. The highest BCUT2D eigenvalue weighted by Crippen LogP contribution is 2.20. The first-order valence-electron chi connectivity index (χ1n) is 3.50. The van der Waals surface area contributed by atoms with Crippen LogP contribution in [0.1, 0.15) is 19.8 Å². The Bertz CT molecular complexity index is 85.0. The van der Waals surface area contributed by atoms with Crippen molar-refractivity contribution >= 4 is 15.9 Å². The molecule has 1 saturated heterocycles. The number of hydrogen-bond acceptors (Lipinski definition) is 1. The average Bonchev–Trinajstić information content (AvgIpc) is 1.88. The van der Waals surface area contributed by atoms with Crippen molar-refractivity contribution in [2.45, 2.75) is 25.9 Å². The molecule has 54 valence electrons. The highest BCUT2D eigenvalue weighted by Gasteiger charge is 2.17. The summed E-state index contributed by atoms with van der Waals surface area (Å²) >= 11 is 3.48. The lowest BCUT2D eigenvalue weighted by Gasteiger charge is -2.25. The molecule has 0 radical (unpaired) electrons. The summed E-state index contributed by atoms with van der Waals surface area (Å²) < 4.78 is 5.39. The molecule has 0 amide bonds. The molecular formula is C7H13BrO. The smallest absolute Gasteiger partial charge is 0.0549 e. The van der Waals surface area contributed by atoms with Crippen LogP contribution in [-0.2, 0) is 4.74 Å². The largest absolute Gasteiger partial charge is 0.378 e. The lowest BCUT2D eigenvalue weighted by atomic mass is 9.99. The highest BCUT2D eigenvalue weighted by molar-refractivity contribution is 9.09. The molecule has 1 fully saturated rings. The van der Waals surface area contributed by atoms with E-state index in [0.29, 0.717) is 6.10 Å². The second kappa shape index (κ2) is 3.57. The minimum atomic E-state index is 0.487. The van der Waals surface area contributed by atoms with Crippen molar-refractivity contribution in [1.82, 2.24) is 0 Å². The van der Waals surface area contributed by atoms with Crippen LogP contribution in [0.2, 0.25) is 0 Å². The lowest BCUT2D eigenvalue weighted by molar-refractivity contribution is 0.00806. The average molecular weight is 193 g/mol. The molecule has 0 aromatic rings. The fourth-order valence-corrected chi connectivity index (χ4v) is 1.82. The molecule has 0 aromatic heterocycles. The van der Waals surface area contributed by atoms with E-state index in [1.165, 1.54) is 12.8 Å². The van der Waals surface area contributed by atoms with Gasteiger partial charge in [0.1, 0.15) is 0 Å². The summed E-state index contributed by atoms with van der Waals surface area (Å²) in [5.74, 6) is 0.855. The molecule has 0 aliphatic carbocycles. The normalized spacial score (nSPS) is 36.7. The van der Waals surface area contributed by atoms with Crippen LogP contribution in [0.5, 0.6) is 0 Å². The number of halogens is 1. The Morgan fingerprint density at radius 3 is 2.89 bits per heavy atom. The summed E-state index contributed by atoms with van der Waals surface area (Å²) in [7, 11) is 0. The molecular weight excluding hydrogens is 180 g/mol. The van der Waals surface area contributed by atoms with Crippen molar-refractivity contribution in [3.05, 3.63) is 0 Å². The molecule has 0 N–H and O–H groups in total. The maximum atomic E-state index is 5.39. The van der Waals surface area contributed by atoms with Crippen LogP contribution in [-0.4, -0.2) is 18.0 Å². The zero-order valence-electron chi connectivity index (χ0n) is 5.77. The van der Waals surface area contributed by atoms with Gasteiger partial charge in [0.15, 0.2) is 0 Å². The van der Waals surface area contributed by atoms with Gasteiger partial charge in [0.05, 0.1) is 6.10 Å². The second-order valence-electron chi connectivity index (χ2n) is 2.73. The summed E-state index contributed by atoms with van der Waals surface area (Å²) in [6.45, 7) is 3.10. The molecule has 2 heteroatoms. The van der Waals surface area contributed by atoms with Crippen LogP contribution in [0.25, 0.3) is 0 Å². The lowest BCUT2D eigenvalue weighted by Crippen LogP contribution is -2.23. The van der Waals surface area contributed by atoms with Crippen LogP contribution in [0.3, 0.4) is 0 Å². The van der Waals surface area contributed by atoms with E-state index in [1.54, 1.807) is 0 Å². The van der Waals surface area contributed by atoms with Gasteiger partial charge in [0.25, 0.3) is 0 Å². The van der Waals surface area contributed by atoms with Gasteiger partial charge in [-0.25, -0.2) is 0 Å². The van der Waals surface area contributed by atoms with Gasteiger partial charge in [-0.15, -0.1) is 0 Å². The number of hydrogen-bond donors (Lipinski definition) is 0. The Hall–Kier alpha value is 0.440. The second-order valence-corrected chi connectivity index (χ2v) is 3.37. The van der Waals surface area contributed by atoms with Gasteiger partial charge in [-0.3, -0.25) is 0 Å². The summed E-state index contributed by atoms with van der Waals surface area (Å²) in [4.78, 5) is 0. The molecule has 1 heterocycles. The molecule has 0 saturated carbocycles. The molecule has 0 bridgehead atoms. The monoisotopic (exact) mass is 192 g/mol. The van der Waals surface area contributed by atoms with Gasteiger partial charge < -0.3 is 4.74 Å². The van der Waals surface area contributed by atoms with E-state index in [9.17, 15) is 0 Å². The third-order valence-electron chi connectivity index (χ3n) is 1.81. The van der Waals surface area contributed by atoms with Crippen molar-refractivity contribution in [1.29, 1.82) is 0 Å². The third kappa shape index (κ3) is 2.26. The van der Waals surface area contributed by atoms with E-state index in [-0.39, 0.29) is 0 Å². The van der Waals surface area contributed by atoms with E-state index in [4.69, 9.17) is 4.74 Å². The topological polar surface area (TPSA) is 9.23 Å². The molecule has 1 aliphatic heterocycles. The number of alkyl halides is 1. The standard InChI is InChI=1S/C7H13BrO/c1-6-4-7(5-8)2-3-9-6/h6-7H,2-5H2,1H3/t6-,7-/m0/s1. The van der Waals surface area contributed by atoms with E-state index >= 15 is 0 Å². The Balaban J connectivity index is 2.23. The van der Waals surface area contributed by atoms with Crippen molar-refractivity contribution in [2.24, 2.45) is 5.92 Å². The molecule has 0 aromatic carbocycles. The summed E-state index contributed by atoms with van der Waals surface area (Å²) in [6.07, 6.45) is 2.95. The van der Waals surface area contributed by atoms with Gasteiger partial charge in [0, 0.05) is 11.9 Å².